The molecule has 222 valence electrons. The van der Waals surface area contributed by atoms with E-state index in [0.29, 0.717) is 0 Å². The minimum Gasteiger partial charge on any atom is -0.228 e. The van der Waals surface area contributed by atoms with E-state index in [1.54, 1.807) is 0 Å². The van der Waals surface area contributed by atoms with E-state index in [1.165, 1.54) is 65.1 Å². The second-order valence-electron chi connectivity index (χ2n) is 12.6. The normalized spacial score (nSPS) is 14.3. The number of nitrogens with zero attached hydrogens (tertiary/aromatic N) is 2. The van der Waals surface area contributed by atoms with Gasteiger partial charge in [0.05, 0.1) is 11.4 Å². The first-order chi connectivity index (χ1) is 22.7. The lowest BCUT2D eigenvalue weighted by Crippen LogP contribution is -2.30. The van der Waals surface area contributed by atoms with Gasteiger partial charge in [0, 0.05) is 22.1 Å². The van der Waals surface area contributed by atoms with Crippen LogP contribution in [0.25, 0.3) is 55.8 Å². The third-order valence-corrected chi connectivity index (χ3v) is 9.79. The number of rotatable bonds is 6. The lowest BCUT2D eigenvalue weighted by Gasteiger charge is -2.39. The van der Waals surface area contributed by atoms with E-state index in [0.717, 1.165) is 33.9 Å². The van der Waals surface area contributed by atoms with Gasteiger partial charge < -0.3 is 0 Å². The van der Waals surface area contributed by atoms with Gasteiger partial charge in [0.25, 0.3) is 0 Å². The van der Waals surface area contributed by atoms with Crippen molar-refractivity contribution < 1.29 is 0 Å². The zero-order chi connectivity index (χ0) is 30.8. The van der Waals surface area contributed by atoms with Crippen molar-refractivity contribution in [1.29, 1.82) is 0 Å². The summed E-state index contributed by atoms with van der Waals surface area (Å²) in [5.74, 6) is 0.747. The Bertz CT molecular complexity index is 2030. The van der Waals surface area contributed by atoms with Crippen LogP contribution in [0.2, 0.25) is 0 Å². The van der Waals surface area contributed by atoms with E-state index in [9.17, 15) is 0 Å². The van der Waals surface area contributed by atoms with Gasteiger partial charge in [-0.2, -0.15) is 0 Å². The van der Waals surface area contributed by atoms with Crippen LogP contribution in [0, 0.1) is 0 Å². The molecule has 0 N–H and O–H groups in total. The Balaban J connectivity index is 1.15. The first-order valence-electron chi connectivity index (χ1n) is 16.5. The fourth-order valence-electron chi connectivity index (χ4n) is 7.28. The Morgan fingerprint density at radius 1 is 0.370 bits per heavy atom. The minimum absolute atomic E-state index is 0.0226. The molecular formula is C44H36N2. The van der Waals surface area contributed by atoms with Gasteiger partial charge in [0.1, 0.15) is 0 Å². The summed E-state index contributed by atoms with van der Waals surface area (Å²) in [6, 6.07) is 56.8. The Labute approximate surface area is 271 Å². The molecule has 1 aliphatic carbocycles. The monoisotopic (exact) mass is 592 g/mol. The SMILES string of the molecule is c1ccc(-c2cc(-c3ccc(C4(c5ccc(-c6ccc7ccccc7c6)cc5)CCCCC4)cc3)nc(-c3ccccc3)n2)cc1. The van der Waals surface area contributed by atoms with E-state index in [2.05, 4.69) is 133 Å². The molecule has 1 aromatic heterocycles. The maximum atomic E-state index is 5.06. The molecule has 0 spiro atoms. The zero-order valence-electron chi connectivity index (χ0n) is 25.9. The molecule has 0 amide bonds. The molecule has 7 aromatic rings. The van der Waals surface area contributed by atoms with E-state index >= 15 is 0 Å². The molecule has 0 saturated heterocycles. The highest BCUT2D eigenvalue weighted by molar-refractivity contribution is 5.87. The third kappa shape index (κ3) is 5.41. The van der Waals surface area contributed by atoms with Crippen molar-refractivity contribution in [2.75, 3.05) is 0 Å². The quantitative estimate of drug-likeness (QED) is 0.192. The van der Waals surface area contributed by atoms with Crippen LogP contribution in [-0.2, 0) is 5.41 Å². The average molecular weight is 593 g/mol. The van der Waals surface area contributed by atoms with Gasteiger partial charge in [0.2, 0.25) is 0 Å². The molecular weight excluding hydrogens is 556 g/mol. The molecule has 2 nitrogen and oxygen atoms in total. The standard InChI is InChI=1S/C44H36N2/c1-4-13-34(14-5-1)41-31-42(46-43(45-41)36-15-6-2-7-16-36)35-22-26-40(27-23-35)44(28-10-3-11-29-44)39-24-20-33(21-25-39)38-19-18-32-12-8-9-17-37(32)30-38/h1-2,4-9,12-27,30-31H,3,10-11,28-29H2. The van der Waals surface area contributed by atoms with Gasteiger partial charge in [-0.15, -0.1) is 0 Å². The van der Waals surface area contributed by atoms with Gasteiger partial charge >= 0.3 is 0 Å². The van der Waals surface area contributed by atoms with Crippen molar-refractivity contribution in [3.05, 3.63) is 169 Å². The fourth-order valence-corrected chi connectivity index (χ4v) is 7.28. The van der Waals surface area contributed by atoms with E-state index in [4.69, 9.17) is 9.97 Å². The maximum absolute atomic E-state index is 5.06. The molecule has 2 heteroatoms. The summed E-state index contributed by atoms with van der Waals surface area (Å²) >= 11 is 0. The minimum atomic E-state index is 0.0226. The summed E-state index contributed by atoms with van der Waals surface area (Å²) in [6.45, 7) is 0. The second-order valence-corrected chi connectivity index (χ2v) is 12.6. The van der Waals surface area contributed by atoms with Gasteiger partial charge in [-0.05, 0) is 58.0 Å². The van der Waals surface area contributed by atoms with Crippen LogP contribution in [0.3, 0.4) is 0 Å². The molecule has 1 aliphatic rings. The maximum Gasteiger partial charge on any atom is 0.160 e. The summed E-state index contributed by atoms with van der Waals surface area (Å²) < 4.78 is 0. The molecule has 0 aliphatic heterocycles. The molecule has 1 heterocycles. The molecule has 46 heavy (non-hydrogen) atoms. The molecule has 8 rings (SSSR count). The number of hydrogen-bond donors (Lipinski definition) is 0. The first-order valence-corrected chi connectivity index (χ1v) is 16.5. The van der Waals surface area contributed by atoms with Crippen LogP contribution in [0.1, 0.15) is 43.2 Å². The van der Waals surface area contributed by atoms with Crippen molar-refractivity contribution in [2.24, 2.45) is 0 Å². The Kier molecular flexibility index (Phi) is 7.48. The molecule has 1 saturated carbocycles. The summed E-state index contributed by atoms with van der Waals surface area (Å²) in [4.78, 5) is 10.0. The first kappa shape index (κ1) is 28.2. The molecule has 0 radical (unpaired) electrons. The van der Waals surface area contributed by atoms with Crippen molar-refractivity contribution in [3.63, 3.8) is 0 Å². The fraction of sp³-hybridized carbons (Fsp3) is 0.136. The van der Waals surface area contributed by atoms with Gasteiger partial charge in [-0.1, -0.05) is 165 Å². The van der Waals surface area contributed by atoms with Gasteiger partial charge in [-0.3, -0.25) is 0 Å². The largest absolute Gasteiger partial charge is 0.228 e. The summed E-state index contributed by atoms with van der Waals surface area (Å²) in [7, 11) is 0. The number of benzene rings is 6. The molecule has 1 fully saturated rings. The van der Waals surface area contributed by atoms with E-state index in [1.807, 2.05) is 24.3 Å². The summed E-state index contributed by atoms with van der Waals surface area (Å²) in [5, 5.41) is 2.56. The van der Waals surface area contributed by atoms with Gasteiger partial charge in [-0.25, -0.2) is 9.97 Å². The lowest BCUT2D eigenvalue weighted by atomic mass is 9.65. The Morgan fingerprint density at radius 3 is 1.50 bits per heavy atom. The van der Waals surface area contributed by atoms with Crippen LogP contribution in [0.5, 0.6) is 0 Å². The van der Waals surface area contributed by atoms with Crippen LogP contribution in [0.15, 0.2) is 158 Å². The predicted molar refractivity (Wildman–Crippen MR) is 192 cm³/mol. The zero-order valence-corrected chi connectivity index (χ0v) is 25.9. The van der Waals surface area contributed by atoms with Crippen LogP contribution >= 0.6 is 0 Å². The van der Waals surface area contributed by atoms with Crippen molar-refractivity contribution in [2.45, 2.75) is 37.5 Å². The topological polar surface area (TPSA) is 25.8 Å². The highest BCUT2D eigenvalue weighted by atomic mass is 14.9. The molecule has 6 aromatic carbocycles. The molecule has 0 atom stereocenters. The second kappa shape index (κ2) is 12.2. The number of hydrogen-bond acceptors (Lipinski definition) is 2. The highest BCUT2D eigenvalue weighted by Crippen LogP contribution is 2.46. The number of aromatic nitrogens is 2. The molecule has 0 unspecified atom stereocenters. The van der Waals surface area contributed by atoms with Gasteiger partial charge in [0.15, 0.2) is 5.82 Å². The van der Waals surface area contributed by atoms with Crippen molar-refractivity contribution >= 4 is 10.8 Å². The van der Waals surface area contributed by atoms with Crippen LogP contribution in [-0.4, -0.2) is 9.97 Å². The van der Waals surface area contributed by atoms with Crippen LogP contribution in [0.4, 0.5) is 0 Å². The summed E-state index contributed by atoms with van der Waals surface area (Å²) in [6.07, 6.45) is 6.15. The highest BCUT2D eigenvalue weighted by Gasteiger charge is 2.35. The molecule has 0 bridgehead atoms. The average Bonchev–Trinajstić information content (AvgIpc) is 3.15. The van der Waals surface area contributed by atoms with Crippen molar-refractivity contribution in [3.8, 4) is 45.0 Å². The smallest absolute Gasteiger partial charge is 0.160 e. The Hall–Kier alpha value is -5.34. The number of fused-ring (bicyclic) bond motifs is 1. The Morgan fingerprint density at radius 2 is 0.870 bits per heavy atom. The summed E-state index contributed by atoms with van der Waals surface area (Å²) in [5.41, 5.74) is 10.5. The van der Waals surface area contributed by atoms with Crippen LogP contribution < -0.4 is 0 Å². The lowest BCUT2D eigenvalue weighted by molar-refractivity contribution is 0.346. The third-order valence-electron chi connectivity index (χ3n) is 9.79. The van der Waals surface area contributed by atoms with E-state index < -0.39 is 0 Å². The predicted octanol–water partition coefficient (Wildman–Crippen LogP) is 11.5. The van der Waals surface area contributed by atoms with Crippen molar-refractivity contribution in [1.82, 2.24) is 9.97 Å². The van der Waals surface area contributed by atoms with E-state index in [-0.39, 0.29) is 5.41 Å².